The van der Waals surface area contributed by atoms with E-state index in [0.29, 0.717) is 18.2 Å². The van der Waals surface area contributed by atoms with Gasteiger partial charge in [0.05, 0.1) is 20.4 Å². The van der Waals surface area contributed by atoms with Gasteiger partial charge in [0, 0.05) is 13.1 Å². The Labute approximate surface area is 158 Å². The molecule has 1 aliphatic heterocycles. The molecule has 1 aliphatic rings. The summed E-state index contributed by atoms with van der Waals surface area (Å²) in [5.41, 5.74) is 1.75. The van der Waals surface area contributed by atoms with Crippen LogP contribution in [-0.2, 0) is 10.2 Å². The number of nitrogens with one attached hydrogen (secondary N) is 1. The molecule has 0 aliphatic carbocycles. The smallest absolute Gasteiger partial charge is 0.246 e. The first-order valence-electron chi connectivity index (χ1n) is 8.09. The lowest BCUT2D eigenvalue weighted by Gasteiger charge is -2.19. The molecule has 0 amide bonds. The topological polar surface area (TPSA) is 75.2 Å². The van der Waals surface area contributed by atoms with E-state index in [1.54, 1.807) is 27.4 Å². The summed E-state index contributed by atoms with van der Waals surface area (Å²) in [6, 6.07) is 3.85. The molecular weight excluding hydrogens is 396 g/mol. The SMILES string of the molecule is CSc1nc2ccc3nc(NS(=O)(=O)N4CCCCCC4)sc3c2s1. The average molecular weight is 415 g/mol. The minimum atomic E-state index is -3.55. The Balaban J connectivity index is 1.67. The lowest BCUT2D eigenvalue weighted by molar-refractivity contribution is 0.427. The standard InChI is InChI=1S/C15H18N4O2S4/c1-22-15-17-11-7-6-10-12(13(11)24-15)23-14(16-10)18-25(20,21)19-8-4-2-3-5-9-19/h6-7H,2-5,8-9H2,1H3,(H,16,18). The number of thiazole rings is 2. The first-order chi connectivity index (χ1) is 12.1. The first kappa shape index (κ1) is 17.5. The molecule has 0 spiro atoms. The van der Waals surface area contributed by atoms with Crippen LogP contribution in [-0.4, -0.2) is 42.0 Å². The minimum Gasteiger partial charge on any atom is -0.246 e. The van der Waals surface area contributed by atoms with Crippen molar-refractivity contribution in [3.05, 3.63) is 12.1 Å². The van der Waals surface area contributed by atoms with Crippen LogP contribution < -0.4 is 4.72 Å². The molecule has 1 saturated heterocycles. The second-order valence-corrected chi connectivity index (χ2v) is 10.6. The molecule has 2 aromatic heterocycles. The van der Waals surface area contributed by atoms with Crippen LogP contribution in [0.3, 0.4) is 0 Å². The quantitative estimate of drug-likeness (QED) is 0.649. The van der Waals surface area contributed by atoms with Crippen LogP contribution in [0.15, 0.2) is 16.5 Å². The number of anilines is 1. The molecule has 3 aromatic rings. The van der Waals surface area contributed by atoms with Gasteiger partial charge in [0.15, 0.2) is 9.47 Å². The highest BCUT2D eigenvalue weighted by Crippen LogP contribution is 2.38. The molecule has 0 radical (unpaired) electrons. The average Bonchev–Trinajstić information content (AvgIpc) is 3.06. The molecule has 134 valence electrons. The number of hydrogen-bond acceptors (Lipinski definition) is 7. The Bertz CT molecular complexity index is 1000. The number of rotatable bonds is 4. The second-order valence-electron chi connectivity index (χ2n) is 5.89. The molecule has 0 saturated carbocycles. The van der Waals surface area contributed by atoms with Crippen LogP contribution in [0.2, 0.25) is 0 Å². The highest BCUT2D eigenvalue weighted by molar-refractivity contribution is 8.00. The molecule has 1 N–H and O–H groups in total. The molecule has 1 fully saturated rings. The van der Waals surface area contributed by atoms with Gasteiger partial charge in [-0.05, 0) is 31.2 Å². The number of nitrogens with zero attached hydrogens (tertiary/aromatic N) is 3. The van der Waals surface area contributed by atoms with Gasteiger partial charge in [0.1, 0.15) is 0 Å². The summed E-state index contributed by atoms with van der Waals surface area (Å²) >= 11 is 4.62. The number of benzene rings is 1. The maximum absolute atomic E-state index is 12.7. The fraction of sp³-hybridized carbons (Fsp3) is 0.467. The summed E-state index contributed by atoms with van der Waals surface area (Å²) in [5, 5.41) is 0.422. The molecule has 25 heavy (non-hydrogen) atoms. The first-order valence-corrected chi connectivity index (χ1v) is 12.4. The van der Waals surface area contributed by atoms with Gasteiger partial charge in [0.2, 0.25) is 0 Å². The van der Waals surface area contributed by atoms with Crippen molar-refractivity contribution in [2.45, 2.75) is 30.0 Å². The zero-order chi connectivity index (χ0) is 17.4. The van der Waals surface area contributed by atoms with Crippen LogP contribution in [0.5, 0.6) is 0 Å². The van der Waals surface area contributed by atoms with Crippen molar-refractivity contribution >= 4 is 70.2 Å². The Morgan fingerprint density at radius 3 is 2.36 bits per heavy atom. The number of fused-ring (bicyclic) bond motifs is 3. The summed E-state index contributed by atoms with van der Waals surface area (Å²) < 4.78 is 32.6. The Kier molecular flexibility index (Phi) is 4.89. The fourth-order valence-electron chi connectivity index (χ4n) is 2.94. The van der Waals surface area contributed by atoms with Crippen LogP contribution in [0.1, 0.15) is 25.7 Å². The van der Waals surface area contributed by atoms with Crippen molar-refractivity contribution in [3.63, 3.8) is 0 Å². The van der Waals surface area contributed by atoms with E-state index in [4.69, 9.17) is 0 Å². The number of aromatic nitrogens is 2. The van der Waals surface area contributed by atoms with Gasteiger partial charge in [-0.15, -0.1) is 11.3 Å². The van der Waals surface area contributed by atoms with Crippen molar-refractivity contribution in [3.8, 4) is 0 Å². The molecule has 4 rings (SSSR count). The summed E-state index contributed by atoms with van der Waals surface area (Å²) in [5.74, 6) is 0. The minimum absolute atomic E-state index is 0.422. The third-order valence-corrected chi connectivity index (χ3v) is 9.02. The highest BCUT2D eigenvalue weighted by Gasteiger charge is 2.24. The van der Waals surface area contributed by atoms with Crippen molar-refractivity contribution in [2.75, 3.05) is 24.1 Å². The van der Waals surface area contributed by atoms with E-state index in [1.807, 2.05) is 18.4 Å². The van der Waals surface area contributed by atoms with E-state index in [2.05, 4.69) is 14.7 Å². The van der Waals surface area contributed by atoms with E-state index < -0.39 is 10.2 Å². The van der Waals surface area contributed by atoms with Crippen molar-refractivity contribution in [2.24, 2.45) is 0 Å². The van der Waals surface area contributed by atoms with Gasteiger partial charge in [-0.2, -0.15) is 12.7 Å². The predicted molar refractivity (Wildman–Crippen MR) is 107 cm³/mol. The lowest BCUT2D eigenvalue weighted by Crippen LogP contribution is -2.36. The van der Waals surface area contributed by atoms with Gasteiger partial charge in [0.25, 0.3) is 0 Å². The van der Waals surface area contributed by atoms with Gasteiger partial charge < -0.3 is 0 Å². The Morgan fingerprint density at radius 2 is 1.68 bits per heavy atom. The molecule has 0 unspecified atom stereocenters. The number of hydrogen-bond donors (Lipinski definition) is 1. The third kappa shape index (κ3) is 3.50. The van der Waals surface area contributed by atoms with Gasteiger partial charge in [-0.25, -0.2) is 14.7 Å². The van der Waals surface area contributed by atoms with E-state index in [0.717, 1.165) is 50.5 Å². The van der Waals surface area contributed by atoms with E-state index in [9.17, 15) is 8.42 Å². The van der Waals surface area contributed by atoms with Crippen LogP contribution in [0, 0.1) is 0 Å². The molecule has 3 heterocycles. The van der Waals surface area contributed by atoms with Crippen molar-refractivity contribution < 1.29 is 8.42 Å². The van der Waals surface area contributed by atoms with E-state index >= 15 is 0 Å². The third-order valence-electron chi connectivity index (χ3n) is 4.19. The maximum atomic E-state index is 12.7. The monoisotopic (exact) mass is 414 g/mol. The molecular formula is C15H18N4O2S4. The van der Waals surface area contributed by atoms with Crippen LogP contribution in [0.4, 0.5) is 5.13 Å². The summed E-state index contributed by atoms with van der Waals surface area (Å²) in [4.78, 5) is 9.04. The Hall–Kier alpha value is -0.940. The summed E-state index contributed by atoms with van der Waals surface area (Å²) in [6.07, 6.45) is 6.02. The van der Waals surface area contributed by atoms with E-state index in [-0.39, 0.29) is 0 Å². The lowest BCUT2D eigenvalue weighted by atomic mass is 10.2. The number of thioether (sulfide) groups is 1. The second kappa shape index (κ2) is 6.99. The molecule has 6 nitrogen and oxygen atoms in total. The Morgan fingerprint density at radius 1 is 1.04 bits per heavy atom. The largest absolute Gasteiger partial charge is 0.303 e. The normalized spacial score (nSPS) is 17.2. The van der Waals surface area contributed by atoms with Crippen molar-refractivity contribution in [1.82, 2.24) is 14.3 Å². The zero-order valence-electron chi connectivity index (χ0n) is 13.7. The fourth-order valence-corrected chi connectivity index (χ4v) is 7.07. The molecule has 10 heteroatoms. The molecule has 0 atom stereocenters. The maximum Gasteiger partial charge on any atom is 0.303 e. The molecule has 0 bridgehead atoms. The van der Waals surface area contributed by atoms with Crippen molar-refractivity contribution in [1.29, 1.82) is 0 Å². The molecule has 1 aromatic carbocycles. The van der Waals surface area contributed by atoms with Gasteiger partial charge in [-0.3, -0.25) is 0 Å². The van der Waals surface area contributed by atoms with Crippen LogP contribution in [0.25, 0.3) is 20.4 Å². The van der Waals surface area contributed by atoms with Gasteiger partial charge >= 0.3 is 10.2 Å². The zero-order valence-corrected chi connectivity index (χ0v) is 17.0. The van der Waals surface area contributed by atoms with Gasteiger partial charge in [-0.1, -0.05) is 35.9 Å². The summed E-state index contributed by atoms with van der Waals surface area (Å²) in [7, 11) is -3.55. The van der Waals surface area contributed by atoms with E-state index in [1.165, 1.54) is 11.3 Å². The van der Waals surface area contributed by atoms with Crippen LogP contribution >= 0.6 is 34.4 Å². The summed E-state index contributed by atoms with van der Waals surface area (Å²) in [6.45, 7) is 1.16. The predicted octanol–water partition coefficient (Wildman–Crippen LogP) is 4.16. The highest BCUT2D eigenvalue weighted by atomic mass is 32.2.